The summed E-state index contributed by atoms with van der Waals surface area (Å²) in [6.45, 7) is 3.64. The van der Waals surface area contributed by atoms with Crippen molar-refractivity contribution in [2.75, 3.05) is 33.3 Å². The first-order chi connectivity index (χ1) is 10.8. The first-order valence-corrected chi connectivity index (χ1v) is 7.62. The van der Waals surface area contributed by atoms with Crippen molar-refractivity contribution in [3.05, 3.63) is 35.9 Å². The third-order valence-electron chi connectivity index (χ3n) is 3.90. The van der Waals surface area contributed by atoms with Crippen LogP contribution in [0.3, 0.4) is 0 Å². The highest BCUT2D eigenvalue weighted by Gasteiger charge is 2.29. The molecule has 1 aromatic carbocycles. The van der Waals surface area contributed by atoms with Crippen molar-refractivity contribution < 1.29 is 19.8 Å². The van der Waals surface area contributed by atoms with Gasteiger partial charge in [-0.05, 0) is 25.8 Å². The lowest BCUT2D eigenvalue weighted by Crippen LogP contribution is -2.51. The topological polar surface area (TPSA) is 81.1 Å². The van der Waals surface area contributed by atoms with Gasteiger partial charge in [0.2, 0.25) is 5.91 Å². The molecule has 1 amide bonds. The average Bonchev–Trinajstić information content (AvgIpc) is 2.46. The number of hydrogen-bond donors (Lipinski definition) is 2. The summed E-state index contributed by atoms with van der Waals surface area (Å²) in [4.78, 5) is 26.4. The minimum Gasteiger partial charge on any atom is -0.480 e. The Morgan fingerprint density at radius 2 is 1.74 bits per heavy atom. The molecule has 128 valence electrons. The Morgan fingerprint density at radius 3 is 2.26 bits per heavy atom. The largest absolute Gasteiger partial charge is 0.480 e. The van der Waals surface area contributed by atoms with Gasteiger partial charge in [-0.15, -0.1) is 0 Å². The number of aliphatic hydroxyl groups excluding tert-OH is 1. The van der Waals surface area contributed by atoms with Gasteiger partial charge in [0.15, 0.2) is 0 Å². The van der Waals surface area contributed by atoms with Gasteiger partial charge in [0.25, 0.3) is 0 Å². The summed E-state index contributed by atoms with van der Waals surface area (Å²) in [5.74, 6) is -1.18. The summed E-state index contributed by atoms with van der Waals surface area (Å²) in [5.41, 5.74) is 0.738. The van der Waals surface area contributed by atoms with Crippen LogP contribution in [0.25, 0.3) is 0 Å². The summed E-state index contributed by atoms with van der Waals surface area (Å²) in [6.07, 6.45) is 0.703. The van der Waals surface area contributed by atoms with Crippen molar-refractivity contribution in [2.24, 2.45) is 0 Å². The lowest BCUT2D eigenvalue weighted by Gasteiger charge is -2.37. The molecule has 0 unspecified atom stereocenters. The summed E-state index contributed by atoms with van der Waals surface area (Å²) < 4.78 is 0. The second kappa shape index (κ2) is 8.64. The Balaban J connectivity index is 2.70. The molecule has 0 aliphatic heterocycles. The van der Waals surface area contributed by atoms with Gasteiger partial charge in [0.05, 0.1) is 19.7 Å². The van der Waals surface area contributed by atoms with Crippen LogP contribution in [0.5, 0.6) is 0 Å². The zero-order chi connectivity index (χ0) is 17.5. The molecule has 0 aliphatic carbocycles. The van der Waals surface area contributed by atoms with Crippen LogP contribution in [0.4, 0.5) is 0 Å². The summed E-state index contributed by atoms with van der Waals surface area (Å²) in [6, 6.07) is 9.90. The van der Waals surface area contributed by atoms with Crippen molar-refractivity contribution in [3.63, 3.8) is 0 Å². The van der Waals surface area contributed by atoms with E-state index >= 15 is 0 Å². The lowest BCUT2D eigenvalue weighted by molar-refractivity contribution is -0.140. The molecule has 0 saturated carbocycles. The number of benzene rings is 1. The maximum absolute atomic E-state index is 12.5. The number of likely N-dealkylation sites (N-methyl/N-ethyl adjacent to an activating group) is 1. The quantitative estimate of drug-likeness (QED) is 0.704. The van der Waals surface area contributed by atoms with Crippen LogP contribution < -0.4 is 0 Å². The van der Waals surface area contributed by atoms with Crippen LogP contribution in [0.15, 0.2) is 30.3 Å². The standard InChI is InChI=1S/C17H26N2O4/c1-17(2,11-14-7-5-4-6-8-14)18(3)15(21)12-19(9-10-20)13-16(22)23/h4-8,20H,9-13H2,1-3H3,(H,22,23). The molecule has 0 bridgehead atoms. The van der Waals surface area contributed by atoms with Crippen molar-refractivity contribution in [1.82, 2.24) is 9.80 Å². The summed E-state index contributed by atoms with van der Waals surface area (Å²) in [7, 11) is 1.73. The van der Waals surface area contributed by atoms with Crippen LogP contribution in [-0.4, -0.2) is 70.7 Å². The fraction of sp³-hybridized carbons (Fsp3) is 0.529. The highest BCUT2D eigenvalue weighted by atomic mass is 16.4. The number of carboxylic acid groups (broad SMARTS) is 1. The van der Waals surface area contributed by atoms with Gasteiger partial charge in [-0.2, -0.15) is 0 Å². The maximum Gasteiger partial charge on any atom is 0.317 e. The highest BCUT2D eigenvalue weighted by Crippen LogP contribution is 2.19. The fourth-order valence-corrected chi connectivity index (χ4v) is 2.40. The Labute approximate surface area is 137 Å². The molecule has 0 heterocycles. The molecule has 6 nitrogen and oxygen atoms in total. The van der Waals surface area contributed by atoms with Crippen LogP contribution in [0.1, 0.15) is 19.4 Å². The number of carboxylic acids is 1. The summed E-state index contributed by atoms with van der Waals surface area (Å²) in [5, 5.41) is 17.9. The number of nitrogens with zero attached hydrogens (tertiary/aromatic N) is 2. The number of hydrogen-bond acceptors (Lipinski definition) is 4. The van der Waals surface area contributed by atoms with Gasteiger partial charge in [-0.3, -0.25) is 14.5 Å². The van der Waals surface area contributed by atoms with Gasteiger partial charge in [-0.25, -0.2) is 0 Å². The zero-order valence-corrected chi connectivity index (χ0v) is 14.0. The molecule has 0 fully saturated rings. The van der Waals surface area contributed by atoms with Gasteiger partial charge < -0.3 is 15.1 Å². The average molecular weight is 322 g/mol. The molecule has 6 heteroatoms. The molecular weight excluding hydrogens is 296 g/mol. The van der Waals surface area contributed by atoms with E-state index in [4.69, 9.17) is 10.2 Å². The third kappa shape index (κ3) is 6.38. The van der Waals surface area contributed by atoms with E-state index in [1.807, 2.05) is 44.2 Å². The molecule has 1 rings (SSSR count). The van der Waals surface area contributed by atoms with Crippen molar-refractivity contribution in [2.45, 2.75) is 25.8 Å². The zero-order valence-electron chi connectivity index (χ0n) is 14.0. The minimum atomic E-state index is -1.02. The smallest absolute Gasteiger partial charge is 0.317 e. The van der Waals surface area contributed by atoms with Crippen molar-refractivity contribution in [3.8, 4) is 0 Å². The van der Waals surface area contributed by atoms with Gasteiger partial charge >= 0.3 is 5.97 Å². The molecule has 0 spiro atoms. The monoisotopic (exact) mass is 322 g/mol. The number of amides is 1. The van der Waals surface area contributed by atoms with Crippen molar-refractivity contribution >= 4 is 11.9 Å². The number of rotatable bonds is 9. The Bertz CT molecular complexity index is 517. The number of carbonyl (C=O) groups excluding carboxylic acids is 1. The molecule has 23 heavy (non-hydrogen) atoms. The Hall–Kier alpha value is -1.92. The van der Waals surface area contributed by atoms with Crippen LogP contribution in [0, 0.1) is 0 Å². The predicted molar refractivity (Wildman–Crippen MR) is 88.2 cm³/mol. The van der Waals surface area contributed by atoms with Gasteiger partial charge in [-0.1, -0.05) is 30.3 Å². The van der Waals surface area contributed by atoms with E-state index in [-0.39, 0.29) is 32.1 Å². The van der Waals surface area contributed by atoms with E-state index < -0.39 is 11.5 Å². The maximum atomic E-state index is 12.5. The second-order valence-electron chi connectivity index (χ2n) is 6.26. The Kier molecular flexibility index (Phi) is 7.19. The Morgan fingerprint density at radius 1 is 1.13 bits per heavy atom. The van der Waals surface area contributed by atoms with E-state index in [0.29, 0.717) is 6.42 Å². The lowest BCUT2D eigenvalue weighted by atomic mass is 9.93. The van der Waals surface area contributed by atoms with Crippen LogP contribution in [0.2, 0.25) is 0 Å². The molecule has 1 aromatic rings. The van der Waals surface area contributed by atoms with Gasteiger partial charge in [0, 0.05) is 19.1 Å². The first-order valence-electron chi connectivity index (χ1n) is 7.62. The fourth-order valence-electron chi connectivity index (χ4n) is 2.40. The molecular formula is C17H26N2O4. The van der Waals surface area contributed by atoms with E-state index in [0.717, 1.165) is 5.56 Å². The molecule has 0 saturated heterocycles. The van der Waals surface area contributed by atoms with Crippen LogP contribution >= 0.6 is 0 Å². The number of aliphatic carboxylic acids is 1. The predicted octanol–water partition coefficient (Wildman–Crippen LogP) is 0.845. The second-order valence-corrected chi connectivity index (χ2v) is 6.26. The molecule has 0 aromatic heterocycles. The summed E-state index contributed by atoms with van der Waals surface area (Å²) >= 11 is 0. The van der Waals surface area contributed by atoms with E-state index in [1.54, 1.807) is 11.9 Å². The normalized spacial score (nSPS) is 11.5. The van der Waals surface area contributed by atoms with E-state index in [1.165, 1.54) is 4.90 Å². The molecule has 0 atom stereocenters. The highest BCUT2D eigenvalue weighted by molar-refractivity contribution is 5.79. The first kappa shape index (κ1) is 19.1. The molecule has 2 N–H and O–H groups in total. The molecule has 0 aliphatic rings. The minimum absolute atomic E-state index is 0.0262. The van der Waals surface area contributed by atoms with Gasteiger partial charge in [0.1, 0.15) is 0 Å². The molecule has 0 radical (unpaired) electrons. The van der Waals surface area contributed by atoms with E-state index in [9.17, 15) is 9.59 Å². The van der Waals surface area contributed by atoms with Crippen LogP contribution in [-0.2, 0) is 16.0 Å². The number of carbonyl (C=O) groups is 2. The SMILES string of the molecule is CN(C(=O)CN(CCO)CC(=O)O)C(C)(C)Cc1ccccc1. The third-order valence-corrected chi connectivity index (χ3v) is 3.90. The number of aliphatic hydroxyl groups is 1. The van der Waals surface area contributed by atoms with Crippen molar-refractivity contribution in [1.29, 1.82) is 0 Å². The van der Waals surface area contributed by atoms with E-state index in [2.05, 4.69) is 0 Å².